The van der Waals surface area contributed by atoms with E-state index in [0.717, 1.165) is 13.1 Å². The van der Waals surface area contributed by atoms with E-state index in [2.05, 4.69) is 53.7 Å². The van der Waals surface area contributed by atoms with E-state index in [1.165, 1.54) is 11.1 Å². The highest BCUT2D eigenvalue weighted by Gasteiger charge is 2.06. The van der Waals surface area contributed by atoms with Crippen LogP contribution in [0.25, 0.3) is 0 Å². The molecule has 1 heterocycles. The van der Waals surface area contributed by atoms with Crippen LogP contribution in [0.2, 0.25) is 0 Å². The molecule has 4 heteroatoms. The Kier molecular flexibility index (Phi) is 3.88. The lowest BCUT2D eigenvalue weighted by Crippen LogP contribution is -2.24. The first kappa shape index (κ1) is 11.8. The lowest BCUT2D eigenvalue weighted by molar-refractivity contribution is 0.498. The number of aryl methyl sites for hydroxylation is 1. The van der Waals surface area contributed by atoms with Gasteiger partial charge in [0.05, 0.1) is 12.7 Å². The van der Waals surface area contributed by atoms with Gasteiger partial charge in [-0.1, -0.05) is 29.5 Å². The second-order valence-electron chi connectivity index (χ2n) is 4.20. The van der Waals surface area contributed by atoms with Gasteiger partial charge in [0.15, 0.2) is 0 Å². The zero-order chi connectivity index (χ0) is 12.1. The standard InChI is InChI=1S/C13H18N4/c1-11-5-3-4-6-13(11)12(2)14-7-9-17-10-8-15-16-17/h3-6,8,10,12,14H,7,9H2,1-2H3. The summed E-state index contributed by atoms with van der Waals surface area (Å²) in [7, 11) is 0. The second kappa shape index (κ2) is 5.59. The van der Waals surface area contributed by atoms with Gasteiger partial charge in [0.2, 0.25) is 0 Å². The Hall–Kier alpha value is -1.68. The lowest BCUT2D eigenvalue weighted by atomic mass is 10.0. The molecule has 1 N–H and O–H groups in total. The van der Waals surface area contributed by atoms with Crippen molar-refractivity contribution in [1.29, 1.82) is 0 Å². The molecule has 0 aliphatic heterocycles. The summed E-state index contributed by atoms with van der Waals surface area (Å²) in [6.07, 6.45) is 3.57. The van der Waals surface area contributed by atoms with Crippen LogP contribution in [0.3, 0.4) is 0 Å². The van der Waals surface area contributed by atoms with Gasteiger partial charge in [-0.25, -0.2) is 0 Å². The molecule has 90 valence electrons. The molecule has 1 unspecified atom stereocenters. The van der Waals surface area contributed by atoms with Crippen molar-refractivity contribution < 1.29 is 0 Å². The zero-order valence-corrected chi connectivity index (χ0v) is 10.3. The molecule has 0 saturated carbocycles. The minimum absolute atomic E-state index is 0.361. The Morgan fingerprint density at radius 2 is 2.18 bits per heavy atom. The summed E-state index contributed by atoms with van der Waals surface area (Å²) >= 11 is 0. The number of rotatable bonds is 5. The van der Waals surface area contributed by atoms with Crippen LogP contribution in [0.15, 0.2) is 36.7 Å². The first-order valence-corrected chi connectivity index (χ1v) is 5.90. The average molecular weight is 230 g/mol. The number of hydrogen-bond acceptors (Lipinski definition) is 3. The minimum Gasteiger partial charge on any atom is -0.308 e. The van der Waals surface area contributed by atoms with Crippen molar-refractivity contribution in [2.24, 2.45) is 0 Å². The predicted octanol–water partition coefficient (Wildman–Crippen LogP) is 1.94. The molecule has 0 radical (unpaired) electrons. The lowest BCUT2D eigenvalue weighted by Gasteiger charge is -2.16. The van der Waals surface area contributed by atoms with Gasteiger partial charge in [0.25, 0.3) is 0 Å². The highest BCUT2D eigenvalue weighted by atomic mass is 15.4. The van der Waals surface area contributed by atoms with Crippen LogP contribution in [-0.4, -0.2) is 21.5 Å². The minimum atomic E-state index is 0.361. The van der Waals surface area contributed by atoms with Crippen molar-refractivity contribution in [3.05, 3.63) is 47.8 Å². The number of benzene rings is 1. The molecule has 2 aromatic rings. The maximum atomic E-state index is 3.93. The highest BCUT2D eigenvalue weighted by Crippen LogP contribution is 2.16. The molecule has 0 amide bonds. The van der Waals surface area contributed by atoms with Crippen molar-refractivity contribution >= 4 is 0 Å². The van der Waals surface area contributed by atoms with Crippen molar-refractivity contribution in [2.45, 2.75) is 26.4 Å². The number of aromatic nitrogens is 3. The number of nitrogens with zero attached hydrogens (tertiary/aromatic N) is 3. The van der Waals surface area contributed by atoms with Crippen LogP contribution < -0.4 is 5.32 Å². The van der Waals surface area contributed by atoms with E-state index >= 15 is 0 Å². The summed E-state index contributed by atoms with van der Waals surface area (Å²) in [6.45, 7) is 6.06. The van der Waals surface area contributed by atoms with E-state index < -0.39 is 0 Å². The van der Waals surface area contributed by atoms with E-state index in [4.69, 9.17) is 0 Å². The maximum Gasteiger partial charge on any atom is 0.0692 e. The van der Waals surface area contributed by atoms with Crippen molar-refractivity contribution in [2.75, 3.05) is 6.54 Å². The normalized spacial score (nSPS) is 12.6. The van der Waals surface area contributed by atoms with E-state index in [0.29, 0.717) is 6.04 Å². The second-order valence-corrected chi connectivity index (χ2v) is 4.20. The van der Waals surface area contributed by atoms with Gasteiger partial charge < -0.3 is 5.32 Å². The molecule has 1 aromatic heterocycles. The molecule has 4 nitrogen and oxygen atoms in total. The topological polar surface area (TPSA) is 42.7 Å². The van der Waals surface area contributed by atoms with Gasteiger partial charge in [0.1, 0.15) is 0 Å². The predicted molar refractivity (Wildman–Crippen MR) is 67.6 cm³/mol. The average Bonchev–Trinajstić information content (AvgIpc) is 2.82. The van der Waals surface area contributed by atoms with Crippen molar-refractivity contribution in [3.8, 4) is 0 Å². The van der Waals surface area contributed by atoms with Gasteiger partial charge in [-0.2, -0.15) is 0 Å². The van der Waals surface area contributed by atoms with Crippen LogP contribution in [0.4, 0.5) is 0 Å². The van der Waals surface area contributed by atoms with Gasteiger partial charge in [-0.3, -0.25) is 4.68 Å². The van der Waals surface area contributed by atoms with Crippen molar-refractivity contribution in [1.82, 2.24) is 20.3 Å². The summed E-state index contributed by atoms with van der Waals surface area (Å²) in [5.74, 6) is 0. The summed E-state index contributed by atoms with van der Waals surface area (Å²) < 4.78 is 1.83. The molecule has 1 aromatic carbocycles. The first-order chi connectivity index (χ1) is 8.27. The molecule has 1 atom stereocenters. The van der Waals surface area contributed by atoms with E-state index in [1.54, 1.807) is 6.20 Å². The third-order valence-electron chi connectivity index (χ3n) is 2.92. The van der Waals surface area contributed by atoms with Crippen LogP contribution >= 0.6 is 0 Å². The molecular formula is C13H18N4. The fraction of sp³-hybridized carbons (Fsp3) is 0.385. The fourth-order valence-corrected chi connectivity index (χ4v) is 1.93. The van der Waals surface area contributed by atoms with Gasteiger partial charge >= 0.3 is 0 Å². The maximum absolute atomic E-state index is 3.93. The molecule has 17 heavy (non-hydrogen) atoms. The summed E-state index contributed by atoms with van der Waals surface area (Å²) in [5, 5.41) is 11.2. The van der Waals surface area contributed by atoms with Gasteiger partial charge in [-0.05, 0) is 25.0 Å². The van der Waals surface area contributed by atoms with Gasteiger partial charge in [-0.15, -0.1) is 5.10 Å². The van der Waals surface area contributed by atoms with Crippen LogP contribution in [0.5, 0.6) is 0 Å². The molecule has 0 spiro atoms. The number of hydrogen-bond donors (Lipinski definition) is 1. The Labute approximate surface area is 102 Å². The Bertz CT molecular complexity index is 450. The molecule has 0 bridgehead atoms. The number of nitrogens with one attached hydrogen (secondary N) is 1. The molecule has 0 saturated heterocycles. The van der Waals surface area contributed by atoms with E-state index in [-0.39, 0.29) is 0 Å². The Morgan fingerprint density at radius 3 is 2.88 bits per heavy atom. The summed E-state index contributed by atoms with van der Waals surface area (Å²) in [6, 6.07) is 8.83. The SMILES string of the molecule is Cc1ccccc1C(C)NCCn1ccnn1. The zero-order valence-electron chi connectivity index (χ0n) is 10.3. The van der Waals surface area contributed by atoms with E-state index in [9.17, 15) is 0 Å². The fourth-order valence-electron chi connectivity index (χ4n) is 1.93. The molecule has 2 rings (SSSR count). The third-order valence-corrected chi connectivity index (χ3v) is 2.92. The van der Waals surface area contributed by atoms with Crippen LogP contribution in [0.1, 0.15) is 24.1 Å². The molecule has 0 aliphatic carbocycles. The first-order valence-electron chi connectivity index (χ1n) is 5.90. The van der Waals surface area contributed by atoms with E-state index in [1.807, 2.05) is 10.9 Å². The summed E-state index contributed by atoms with van der Waals surface area (Å²) in [5.41, 5.74) is 2.68. The quantitative estimate of drug-likeness (QED) is 0.853. The van der Waals surface area contributed by atoms with Crippen molar-refractivity contribution in [3.63, 3.8) is 0 Å². The van der Waals surface area contributed by atoms with Gasteiger partial charge in [0, 0.05) is 18.8 Å². The van der Waals surface area contributed by atoms with Crippen LogP contribution in [-0.2, 0) is 6.54 Å². The Morgan fingerprint density at radius 1 is 1.35 bits per heavy atom. The highest BCUT2D eigenvalue weighted by molar-refractivity contribution is 5.28. The smallest absolute Gasteiger partial charge is 0.0692 e. The largest absolute Gasteiger partial charge is 0.308 e. The molecule has 0 aliphatic rings. The third kappa shape index (κ3) is 3.14. The summed E-state index contributed by atoms with van der Waals surface area (Å²) in [4.78, 5) is 0. The van der Waals surface area contributed by atoms with Crippen LogP contribution in [0, 0.1) is 6.92 Å². The Balaban J connectivity index is 1.85. The molecular weight excluding hydrogens is 212 g/mol. The molecule has 0 fully saturated rings. The monoisotopic (exact) mass is 230 g/mol.